The van der Waals surface area contributed by atoms with E-state index in [1.807, 2.05) is 0 Å². The number of nitrogens with zero attached hydrogens (tertiary/aromatic N) is 2. The minimum atomic E-state index is -5.06. The van der Waals surface area contributed by atoms with Crippen molar-refractivity contribution in [1.29, 1.82) is 0 Å². The number of benzene rings is 2. The van der Waals surface area contributed by atoms with Gasteiger partial charge in [0.1, 0.15) is 0 Å². The minimum absolute atomic E-state index is 0.0454. The van der Waals surface area contributed by atoms with Gasteiger partial charge in [0.15, 0.2) is 0 Å². The number of alkyl halides is 3. The van der Waals surface area contributed by atoms with Crippen LogP contribution in [0.3, 0.4) is 0 Å². The van der Waals surface area contributed by atoms with Crippen molar-refractivity contribution in [3.63, 3.8) is 0 Å². The predicted molar refractivity (Wildman–Crippen MR) is 80.9 cm³/mol. The molecule has 8 nitrogen and oxygen atoms in total. The molecule has 0 bridgehead atoms. The third-order valence-corrected chi connectivity index (χ3v) is 3.33. The Morgan fingerprint density at radius 3 is 1.96 bits per heavy atom. The van der Waals surface area contributed by atoms with Gasteiger partial charge >= 0.3 is 23.5 Å². The van der Waals surface area contributed by atoms with Crippen LogP contribution < -0.4 is 4.74 Å². The number of halogens is 3. The maximum Gasteiger partial charge on any atom is 0.416 e. The fraction of sp³-hybridized carbons (Fsp3) is 0.133. The highest BCUT2D eigenvalue weighted by molar-refractivity contribution is 5.93. The van der Waals surface area contributed by atoms with E-state index in [0.29, 0.717) is 5.56 Å². The van der Waals surface area contributed by atoms with E-state index < -0.39 is 44.7 Å². The van der Waals surface area contributed by atoms with Crippen molar-refractivity contribution in [2.24, 2.45) is 0 Å². The number of nitro groups is 2. The molecule has 0 amide bonds. The maximum absolute atomic E-state index is 12.8. The van der Waals surface area contributed by atoms with E-state index in [1.54, 1.807) is 6.07 Å². The summed E-state index contributed by atoms with van der Waals surface area (Å²) in [6.45, 7) is 1.52. The van der Waals surface area contributed by atoms with Gasteiger partial charge < -0.3 is 4.74 Å². The first-order valence-electron chi connectivity index (χ1n) is 6.84. The lowest BCUT2D eigenvalue weighted by atomic mass is 10.1. The number of hydrogen-bond donors (Lipinski definition) is 0. The number of aryl methyl sites for hydroxylation is 1. The predicted octanol–water partition coefficient (Wildman–Crippen LogP) is 4.05. The number of esters is 1. The molecule has 11 heteroatoms. The van der Waals surface area contributed by atoms with Gasteiger partial charge in [0.2, 0.25) is 0 Å². The minimum Gasteiger partial charge on any atom is -0.408 e. The van der Waals surface area contributed by atoms with Crippen LogP contribution in [0.5, 0.6) is 5.75 Å². The van der Waals surface area contributed by atoms with Crippen molar-refractivity contribution in [3.8, 4) is 5.75 Å². The van der Waals surface area contributed by atoms with E-state index in [4.69, 9.17) is 4.74 Å². The second kappa shape index (κ2) is 6.78. The summed E-state index contributed by atoms with van der Waals surface area (Å²) < 4.78 is 43.2. The molecule has 0 aliphatic heterocycles. The number of nitro benzene ring substituents is 2. The fourth-order valence-corrected chi connectivity index (χ4v) is 2.09. The SMILES string of the molecule is Cc1ccccc1C(=O)Oc1c([N+](=O)[O-])cc(C(F)(F)F)cc1[N+](=O)[O-]. The first-order valence-corrected chi connectivity index (χ1v) is 6.84. The Morgan fingerprint density at radius 2 is 1.54 bits per heavy atom. The van der Waals surface area contributed by atoms with Gasteiger partial charge in [-0.25, -0.2) is 4.79 Å². The van der Waals surface area contributed by atoms with Gasteiger partial charge in [-0.2, -0.15) is 13.2 Å². The van der Waals surface area contributed by atoms with Gasteiger partial charge in [-0.1, -0.05) is 18.2 Å². The Morgan fingerprint density at radius 1 is 1.04 bits per heavy atom. The van der Waals surface area contributed by atoms with Crippen molar-refractivity contribution in [2.75, 3.05) is 0 Å². The molecule has 0 radical (unpaired) electrons. The highest BCUT2D eigenvalue weighted by Gasteiger charge is 2.39. The van der Waals surface area contributed by atoms with Crippen LogP contribution >= 0.6 is 0 Å². The molecule has 0 aliphatic carbocycles. The summed E-state index contributed by atoms with van der Waals surface area (Å²) in [6.07, 6.45) is -5.06. The molecule has 0 saturated heterocycles. The maximum atomic E-state index is 12.8. The molecule has 0 fully saturated rings. The summed E-state index contributed by atoms with van der Waals surface area (Å²) in [4.78, 5) is 31.8. The third kappa shape index (κ3) is 3.77. The molecule has 26 heavy (non-hydrogen) atoms. The zero-order valence-electron chi connectivity index (χ0n) is 12.9. The lowest BCUT2D eigenvalue weighted by molar-refractivity contribution is -0.396. The second-order valence-corrected chi connectivity index (χ2v) is 5.06. The summed E-state index contributed by atoms with van der Waals surface area (Å²) >= 11 is 0. The quantitative estimate of drug-likeness (QED) is 0.347. The number of rotatable bonds is 4. The topological polar surface area (TPSA) is 113 Å². The summed E-state index contributed by atoms with van der Waals surface area (Å²) in [5, 5.41) is 22.2. The standard InChI is InChI=1S/C15H9F3N2O6/c1-8-4-2-3-5-10(8)14(21)26-13-11(19(22)23)6-9(15(16,17)18)7-12(13)20(24)25/h2-7H,1H3. The Kier molecular flexibility index (Phi) is 4.91. The summed E-state index contributed by atoms with van der Waals surface area (Å²) in [7, 11) is 0. The molecule has 0 aromatic heterocycles. The van der Waals surface area contributed by atoms with Gasteiger partial charge in [-0.15, -0.1) is 0 Å². The van der Waals surface area contributed by atoms with Crippen molar-refractivity contribution in [1.82, 2.24) is 0 Å². The molecule has 0 unspecified atom stereocenters. The lowest BCUT2D eigenvalue weighted by Gasteiger charge is -2.10. The Balaban J connectivity index is 2.63. The molecule has 0 saturated carbocycles. The monoisotopic (exact) mass is 370 g/mol. The van der Waals surface area contributed by atoms with Gasteiger partial charge in [0.25, 0.3) is 5.75 Å². The molecule has 0 N–H and O–H groups in total. The molecular weight excluding hydrogens is 361 g/mol. The van der Waals surface area contributed by atoms with E-state index in [1.165, 1.54) is 25.1 Å². The van der Waals surface area contributed by atoms with E-state index in [0.717, 1.165) is 0 Å². The molecule has 0 spiro atoms. The first kappa shape index (κ1) is 18.8. The summed E-state index contributed by atoms with van der Waals surface area (Å²) in [5.74, 6) is -2.34. The van der Waals surface area contributed by atoms with Crippen LogP contribution in [0.4, 0.5) is 24.5 Å². The molecule has 2 aromatic rings. The summed E-state index contributed by atoms with van der Waals surface area (Å²) in [6, 6.07) is 6.03. The van der Waals surface area contributed by atoms with Crippen LogP contribution in [0, 0.1) is 27.2 Å². The highest BCUT2D eigenvalue weighted by atomic mass is 19.4. The average Bonchev–Trinajstić information content (AvgIpc) is 2.53. The molecule has 0 atom stereocenters. The molecule has 0 heterocycles. The molecular formula is C15H9F3N2O6. The zero-order chi connectivity index (χ0) is 19.6. The second-order valence-electron chi connectivity index (χ2n) is 5.06. The fourth-order valence-electron chi connectivity index (χ4n) is 2.09. The van der Waals surface area contributed by atoms with Crippen LogP contribution in [-0.2, 0) is 6.18 Å². The van der Waals surface area contributed by atoms with Crippen LogP contribution in [0.25, 0.3) is 0 Å². The number of ether oxygens (including phenoxy) is 1. The normalized spacial score (nSPS) is 11.1. The number of carbonyl (C=O) groups is 1. The van der Waals surface area contributed by atoms with E-state index in [-0.39, 0.29) is 17.7 Å². The Bertz CT molecular complexity index is 875. The molecule has 2 rings (SSSR count). The smallest absolute Gasteiger partial charge is 0.408 e. The van der Waals surface area contributed by atoms with Crippen molar-refractivity contribution in [3.05, 3.63) is 73.3 Å². The van der Waals surface area contributed by atoms with Gasteiger partial charge in [-0.05, 0) is 18.6 Å². The van der Waals surface area contributed by atoms with Crippen LogP contribution in [0.2, 0.25) is 0 Å². The van der Waals surface area contributed by atoms with Gasteiger partial charge in [0, 0.05) is 12.1 Å². The zero-order valence-corrected chi connectivity index (χ0v) is 12.9. The van der Waals surface area contributed by atoms with E-state index in [2.05, 4.69) is 0 Å². The van der Waals surface area contributed by atoms with Gasteiger partial charge in [0.05, 0.1) is 21.0 Å². The van der Waals surface area contributed by atoms with Crippen LogP contribution in [0.1, 0.15) is 21.5 Å². The highest BCUT2D eigenvalue weighted by Crippen LogP contribution is 2.43. The first-order chi connectivity index (χ1) is 12.0. The lowest BCUT2D eigenvalue weighted by Crippen LogP contribution is -2.14. The molecule has 0 aliphatic rings. The van der Waals surface area contributed by atoms with Crippen molar-refractivity contribution < 1.29 is 32.5 Å². The number of hydrogen-bond acceptors (Lipinski definition) is 6. The van der Waals surface area contributed by atoms with Crippen molar-refractivity contribution >= 4 is 17.3 Å². The number of carbonyl (C=O) groups excluding carboxylic acids is 1. The average molecular weight is 370 g/mol. The van der Waals surface area contributed by atoms with E-state index in [9.17, 15) is 38.2 Å². The Labute approximate surface area is 143 Å². The van der Waals surface area contributed by atoms with Gasteiger partial charge in [-0.3, -0.25) is 20.2 Å². The largest absolute Gasteiger partial charge is 0.416 e. The molecule has 2 aromatic carbocycles. The molecule has 136 valence electrons. The summed E-state index contributed by atoms with van der Waals surface area (Å²) in [5.41, 5.74) is -3.92. The van der Waals surface area contributed by atoms with Crippen molar-refractivity contribution in [2.45, 2.75) is 13.1 Å². The van der Waals surface area contributed by atoms with E-state index >= 15 is 0 Å². The third-order valence-electron chi connectivity index (χ3n) is 3.33. The van der Waals surface area contributed by atoms with Crippen LogP contribution in [-0.4, -0.2) is 15.8 Å². The van der Waals surface area contributed by atoms with Crippen LogP contribution in [0.15, 0.2) is 36.4 Å². The Hall–Kier alpha value is -3.50.